The maximum absolute atomic E-state index is 13.6. The molecule has 1 N–H and O–H groups in total. The van der Waals surface area contributed by atoms with Gasteiger partial charge in [-0.05, 0) is 47.9 Å². The fourth-order valence-electron chi connectivity index (χ4n) is 3.91. The van der Waals surface area contributed by atoms with Crippen LogP contribution in [0.15, 0.2) is 89.8 Å². The Morgan fingerprint density at radius 2 is 1.59 bits per heavy atom. The summed E-state index contributed by atoms with van der Waals surface area (Å²) in [5, 5.41) is 13.6. The van der Waals surface area contributed by atoms with Crippen LogP contribution in [-0.2, 0) is 27.4 Å². The monoisotopic (exact) mass is 531 g/mol. The third kappa shape index (κ3) is 5.70. The predicted molar refractivity (Wildman–Crippen MR) is 128 cm³/mol. The fourth-order valence-corrected chi connectivity index (χ4v) is 5.43. The molecule has 0 saturated carbocycles. The molecule has 1 atom stereocenters. The summed E-state index contributed by atoms with van der Waals surface area (Å²) in [6.45, 7) is -0.272. The molecule has 3 aromatic carbocycles. The van der Waals surface area contributed by atoms with Gasteiger partial charge in [-0.1, -0.05) is 42.5 Å². The van der Waals surface area contributed by atoms with Crippen LogP contribution in [0.4, 0.5) is 18.9 Å². The lowest BCUT2D eigenvalue weighted by atomic mass is 10.1. The Morgan fingerprint density at radius 3 is 2.16 bits per heavy atom. The van der Waals surface area contributed by atoms with Gasteiger partial charge >= 0.3 is 6.18 Å². The molecule has 3 aromatic rings. The van der Waals surface area contributed by atoms with Crippen LogP contribution in [0.3, 0.4) is 0 Å². The molecule has 12 heteroatoms. The third-order valence-corrected chi connectivity index (χ3v) is 7.72. The van der Waals surface area contributed by atoms with Crippen molar-refractivity contribution >= 4 is 27.3 Å². The van der Waals surface area contributed by atoms with Crippen LogP contribution >= 0.6 is 0 Å². The van der Waals surface area contributed by atoms with Gasteiger partial charge in [0.1, 0.15) is 6.04 Å². The van der Waals surface area contributed by atoms with E-state index in [4.69, 9.17) is 0 Å². The van der Waals surface area contributed by atoms with Crippen molar-refractivity contribution in [1.82, 2.24) is 9.62 Å². The average Bonchev–Trinajstić information content (AvgIpc) is 3.03. The summed E-state index contributed by atoms with van der Waals surface area (Å²) in [5.41, 5.74) is -0.0314. The lowest BCUT2D eigenvalue weighted by Crippen LogP contribution is -2.48. The molecule has 1 amide bonds. The number of hydrogen-bond donors (Lipinski definition) is 1. The SMILES string of the molecule is O=C1NC(c2ccc(C(F)(F)F)cc2)=CCN(S(=O)(=O)c2ccc([N+](=O)[O-])cc2)[C@H]1Cc1ccccc1. The smallest absolute Gasteiger partial charge is 0.324 e. The maximum atomic E-state index is 13.6. The summed E-state index contributed by atoms with van der Waals surface area (Å²) < 4.78 is 67.0. The van der Waals surface area contributed by atoms with Gasteiger partial charge in [-0.25, -0.2) is 8.42 Å². The first-order valence-corrected chi connectivity index (χ1v) is 12.4. The maximum Gasteiger partial charge on any atom is 0.416 e. The number of sulfonamides is 1. The molecule has 1 heterocycles. The van der Waals surface area contributed by atoms with Crippen molar-refractivity contribution in [3.05, 3.63) is 112 Å². The van der Waals surface area contributed by atoms with E-state index in [9.17, 15) is 36.5 Å². The number of nitrogens with one attached hydrogen (secondary N) is 1. The Morgan fingerprint density at radius 1 is 0.973 bits per heavy atom. The van der Waals surface area contributed by atoms with E-state index in [1.807, 2.05) is 0 Å². The van der Waals surface area contributed by atoms with E-state index in [0.717, 1.165) is 40.7 Å². The van der Waals surface area contributed by atoms with Gasteiger partial charge in [-0.15, -0.1) is 0 Å². The molecule has 0 fully saturated rings. The molecule has 0 unspecified atom stereocenters. The van der Waals surface area contributed by atoms with E-state index in [-0.39, 0.29) is 34.8 Å². The van der Waals surface area contributed by atoms with Crippen molar-refractivity contribution in [2.75, 3.05) is 6.54 Å². The molecule has 0 bridgehead atoms. The Bertz CT molecular complexity index is 1440. The lowest BCUT2D eigenvalue weighted by Gasteiger charge is -2.27. The van der Waals surface area contributed by atoms with Crippen molar-refractivity contribution in [2.45, 2.75) is 23.5 Å². The zero-order chi connectivity index (χ0) is 26.8. The van der Waals surface area contributed by atoms with Gasteiger partial charge in [-0.2, -0.15) is 17.5 Å². The summed E-state index contributed by atoms with van der Waals surface area (Å²) in [6, 6.07) is 16.0. The number of halogens is 3. The molecule has 37 heavy (non-hydrogen) atoms. The molecule has 8 nitrogen and oxygen atoms in total. The number of carbonyl (C=O) groups is 1. The number of hydrogen-bond acceptors (Lipinski definition) is 5. The number of carbonyl (C=O) groups excluding carboxylic acids is 1. The molecule has 1 aliphatic heterocycles. The number of benzene rings is 3. The van der Waals surface area contributed by atoms with Gasteiger partial charge in [0.15, 0.2) is 0 Å². The van der Waals surface area contributed by atoms with E-state index in [1.54, 1.807) is 30.3 Å². The van der Waals surface area contributed by atoms with Gasteiger partial charge in [0.2, 0.25) is 15.9 Å². The van der Waals surface area contributed by atoms with E-state index >= 15 is 0 Å². The van der Waals surface area contributed by atoms with Gasteiger partial charge in [0.25, 0.3) is 5.69 Å². The largest absolute Gasteiger partial charge is 0.416 e. The highest BCUT2D eigenvalue weighted by Gasteiger charge is 2.38. The van der Waals surface area contributed by atoms with Gasteiger partial charge < -0.3 is 5.32 Å². The summed E-state index contributed by atoms with van der Waals surface area (Å²) in [6.07, 6.45) is -3.10. The number of nitrogens with zero attached hydrogens (tertiary/aromatic N) is 2. The Hall–Kier alpha value is -4.03. The van der Waals surface area contributed by atoms with E-state index in [2.05, 4.69) is 5.32 Å². The predicted octanol–water partition coefficient (Wildman–Crippen LogP) is 4.39. The van der Waals surface area contributed by atoms with Crippen LogP contribution in [0.25, 0.3) is 5.70 Å². The summed E-state index contributed by atoms with van der Waals surface area (Å²) in [7, 11) is -4.31. The minimum absolute atomic E-state index is 0.0208. The third-order valence-electron chi connectivity index (χ3n) is 5.83. The minimum Gasteiger partial charge on any atom is -0.324 e. The van der Waals surface area contributed by atoms with Crippen molar-refractivity contribution in [1.29, 1.82) is 0 Å². The number of nitro benzene ring substituents is 1. The highest BCUT2D eigenvalue weighted by Crippen LogP contribution is 2.31. The highest BCUT2D eigenvalue weighted by molar-refractivity contribution is 7.89. The number of rotatable bonds is 6. The van der Waals surface area contributed by atoms with Crippen molar-refractivity contribution in [3.8, 4) is 0 Å². The normalized spacial score (nSPS) is 17.0. The second-order valence-corrected chi connectivity index (χ2v) is 10.1. The molecule has 0 saturated heterocycles. The summed E-state index contributed by atoms with van der Waals surface area (Å²) in [4.78, 5) is 23.4. The van der Waals surface area contributed by atoms with Crippen LogP contribution < -0.4 is 5.32 Å². The molecular weight excluding hydrogens is 511 g/mol. The quantitative estimate of drug-likeness (QED) is 0.375. The first kappa shape index (κ1) is 26.0. The van der Waals surface area contributed by atoms with Crippen LogP contribution in [0, 0.1) is 10.1 Å². The van der Waals surface area contributed by atoms with E-state index in [0.29, 0.717) is 5.56 Å². The molecule has 0 aliphatic carbocycles. The standard InChI is InChI=1S/C25H20F3N3O5S/c26-25(27,28)19-8-6-18(7-9-19)22-14-15-30(23(24(32)29-22)16-17-4-2-1-3-5-17)37(35,36)21-12-10-20(11-13-21)31(33)34/h1-14,23H,15-16H2,(H,29,32)/t23-/m0/s1. The number of alkyl halides is 3. The van der Waals surface area contributed by atoms with E-state index in [1.165, 1.54) is 18.2 Å². The van der Waals surface area contributed by atoms with Crippen LogP contribution in [0.5, 0.6) is 0 Å². The Balaban J connectivity index is 1.73. The Kier molecular flexibility index (Phi) is 7.14. The van der Waals surface area contributed by atoms with Crippen molar-refractivity contribution < 1.29 is 31.3 Å². The average molecular weight is 532 g/mol. The molecular formula is C25H20F3N3O5S. The first-order valence-electron chi connectivity index (χ1n) is 11.0. The van der Waals surface area contributed by atoms with Crippen LogP contribution in [0.2, 0.25) is 0 Å². The molecule has 0 aromatic heterocycles. The van der Waals surface area contributed by atoms with Gasteiger partial charge in [0.05, 0.1) is 15.4 Å². The second-order valence-electron chi connectivity index (χ2n) is 8.21. The zero-order valence-electron chi connectivity index (χ0n) is 19.1. The van der Waals surface area contributed by atoms with Crippen molar-refractivity contribution in [2.24, 2.45) is 0 Å². The van der Waals surface area contributed by atoms with Gasteiger partial charge in [0, 0.05) is 24.4 Å². The first-order chi connectivity index (χ1) is 17.5. The summed E-state index contributed by atoms with van der Waals surface area (Å²) in [5.74, 6) is -0.669. The number of nitro groups is 1. The topological polar surface area (TPSA) is 110 Å². The number of amides is 1. The Labute approximate surface area is 210 Å². The molecule has 4 rings (SSSR count). The minimum atomic E-state index is -4.53. The molecule has 1 aliphatic rings. The second kappa shape index (κ2) is 10.1. The van der Waals surface area contributed by atoms with E-state index < -0.39 is 38.6 Å². The molecule has 0 radical (unpaired) electrons. The number of non-ortho nitro benzene ring substituents is 1. The van der Waals surface area contributed by atoms with Crippen LogP contribution in [0.1, 0.15) is 16.7 Å². The van der Waals surface area contributed by atoms with Crippen LogP contribution in [-0.4, -0.2) is 36.1 Å². The zero-order valence-corrected chi connectivity index (χ0v) is 19.9. The highest BCUT2D eigenvalue weighted by atomic mass is 32.2. The summed E-state index contributed by atoms with van der Waals surface area (Å²) >= 11 is 0. The molecule has 0 spiro atoms. The van der Waals surface area contributed by atoms with Crippen molar-refractivity contribution in [3.63, 3.8) is 0 Å². The van der Waals surface area contributed by atoms with Gasteiger partial charge in [-0.3, -0.25) is 14.9 Å². The lowest BCUT2D eigenvalue weighted by molar-refractivity contribution is -0.384. The molecule has 192 valence electrons. The fraction of sp³-hybridized carbons (Fsp3) is 0.160.